The van der Waals surface area contributed by atoms with Gasteiger partial charge in [0.2, 0.25) is 0 Å². The molecule has 0 radical (unpaired) electrons. The molecule has 1 aromatic rings. The highest BCUT2D eigenvalue weighted by molar-refractivity contribution is 5.83. The van der Waals surface area contributed by atoms with Gasteiger partial charge in [0.05, 0.1) is 18.1 Å². The molecule has 1 heterocycles. The fourth-order valence-electron chi connectivity index (χ4n) is 0.742. The van der Waals surface area contributed by atoms with Gasteiger partial charge in [-0.05, 0) is 17.7 Å². The predicted octanol–water partition coefficient (Wildman–Crippen LogP) is 0.698. The number of oxime groups is 2. The zero-order chi connectivity index (χ0) is 8.81. The predicted molar refractivity (Wildman–Crippen MR) is 43.0 cm³/mol. The van der Waals surface area contributed by atoms with Gasteiger partial charge in [0.15, 0.2) is 0 Å². The van der Waals surface area contributed by atoms with Crippen LogP contribution in [0.4, 0.5) is 0 Å². The molecule has 5 nitrogen and oxygen atoms in total. The van der Waals surface area contributed by atoms with E-state index in [9.17, 15) is 0 Å². The zero-order valence-corrected chi connectivity index (χ0v) is 6.12. The number of hydrogen-bond acceptors (Lipinski definition) is 5. The molecule has 12 heavy (non-hydrogen) atoms. The maximum absolute atomic E-state index is 8.21. The lowest BCUT2D eigenvalue weighted by atomic mass is 10.2. The van der Waals surface area contributed by atoms with E-state index in [4.69, 9.17) is 10.4 Å². The highest BCUT2D eigenvalue weighted by Crippen LogP contribution is 1.96. The summed E-state index contributed by atoms with van der Waals surface area (Å²) < 4.78 is 0. The van der Waals surface area contributed by atoms with E-state index < -0.39 is 0 Å². The zero-order valence-electron chi connectivity index (χ0n) is 6.12. The average molecular weight is 165 g/mol. The largest absolute Gasteiger partial charge is 0.411 e. The van der Waals surface area contributed by atoms with Crippen LogP contribution in [0, 0.1) is 0 Å². The first-order valence-corrected chi connectivity index (χ1v) is 3.17. The van der Waals surface area contributed by atoms with Gasteiger partial charge >= 0.3 is 0 Å². The molecule has 62 valence electrons. The van der Waals surface area contributed by atoms with Crippen molar-refractivity contribution in [1.29, 1.82) is 0 Å². The summed E-state index contributed by atoms with van der Waals surface area (Å²) in [6.07, 6.45) is 3.97. The van der Waals surface area contributed by atoms with Gasteiger partial charge in [-0.15, -0.1) is 0 Å². The van der Waals surface area contributed by atoms with Crippen molar-refractivity contribution < 1.29 is 10.4 Å². The van der Waals surface area contributed by atoms with E-state index in [2.05, 4.69) is 15.3 Å². The molecule has 5 heteroatoms. The fraction of sp³-hybridized carbons (Fsp3) is 0. The molecule has 0 aliphatic heterocycles. The Bertz CT molecular complexity index is 282. The Labute approximate surface area is 68.7 Å². The molecule has 0 spiro atoms. The third-order valence-corrected chi connectivity index (χ3v) is 1.20. The monoisotopic (exact) mass is 165 g/mol. The Morgan fingerprint density at radius 1 is 1.25 bits per heavy atom. The van der Waals surface area contributed by atoms with Crippen molar-refractivity contribution in [2.24, 2.45) is 10.3 Å². The fourth-order valence-corrected chi connectivity index (χ4v) is 0.742. The highest BCUT2D eigenvalue weighted by Gasteiger charge is 1.91. The van der Waals surface area contributed by atoms with Crippen molar-refractivity contribution in [2.45, 2.75) is 0 Å². The summed E-state index contributed by atoms with van der Waals surface area (Å²) in [6, 6.07) is 3.27. The van der Waals surface area contributed by atoms with Gasteiger partial charge in [0.25, 0.3) is 0 Å². The Morgan fingerprint density at radius 2 is 2.00 bits per heavy atom. The Balaban J connectivity index is 2.95. The van der Waals surface area contributed by atoms with Gasteiger partial charge in [0, 0.05) is 6.20 Å². The molecule has 0 amide bonds. The molecule has 0 unspecified atom stereocenters. The summed E-state index contributed by atoms with van der Waals surface area (Å²) in [7, 11) is 0. The van der Waals surface area contributed by atoms with Gasteiger partial charge in [-0.25, -0.2) is 0 Å². The van der Waals surface area contributed by atoms with Gasteiger partial charge in [-0.2, -0.15) is 0 Å². The topological polar surface area (TPSA) is 78.1 Å². The van der Waals surface area contributed by atoms with Gasteiger partial charge < -0.3 is 10.4 Å². The molecular weight excluding hydrogens is 158 g/mol. The van der Waals surface area contributed by atoms with Crippen molar-refractivity contribution in [3.05, 3.63) is 29.6 Å². The Kier molecular flexibility index (Phi) is 2.78. The van der Waals surface area contributed by atoms with Crippen LogP contribution in [0.15, 0.2) is 28.6 Å². The number of hydrogen-bond donors (Lipinski definition) is 2. The van der Waals surface area contributed by atoms with E-state index >= 15 is 0 Å². The molecule has 1 rings (SSSR count). The molecule has 0 fully saturated rings. The second kappa shape index (κ2) is 4.07. The van der Waals surface area contributed by atoms with E-state index in [-0.39, 0.29) is 0 Å². The Morgan fingerprint density at radius 3 is 2.67 bits per heavy atom. The standard InChI is InChI=1S/C7H7N3O2/c11-9-4-6-1-2-8-7(3-6)5-10-12/h1-5,11-12H/b9-4+,10-5?. The molecule has 0 saturated heterocycles. The van der Waals surface area contributed by atoms with Crippen LogP contribution in [0.3, 0.4) is 0 Å². The summed E-state index contributed by atoms with van der Waals surface area (Å²) in [5.74, 6) is 0. The van der Waals surface area contributed by atoms with Crippen LogP contribution in [0.25, 0.3) is 0 Å². The lowest BCUT2D eigenvalue weighted by Gasteiger charge is -1.92. The SMILES string of the molecule is ON=Cc1cc(/C=N/O)ccn1. The third kappa shape index (κ3) is 2.05. The van der Waals surface area contributed by atoms with Crippen LogP contribution in [0.1, 0.15) is 11.3 Å². The second-order valence-corrected chi connectivity index (χ2v) is 2.00. The van der Waals surface area contributed by atoms with Crippen LogP contribution in [-0.4, -0.2) is 27.8 Å². The van der Waals surface area contributed by atoms with Crippen molar-refractivity contribution in [3.63, 3.8) is 0 Å². The van der Waals surface area contributed by atoms with Crippen molar-refractivity contribution in [3.8, 4) is 0 Å². The normalized spacial score (nSPS) is 11.3. The van der Waals surface area contributed by atoms with Crippen molar-refractivity contribution in [1.82, 2.24) is 4.98 Å². The van der Waals surface area contributed by atoms with Crippen LogP contribution in [0.2, 0.25) is 0 Å². The van der Waals surface area contributed by atoms with E-state index in [1.54, 1.807) is 12.1 Å². The van der Waals surface area contributed by atoms with Crippen molar-refractivity contribution in [2.75, 3.05) is 0 Å². The minimum Gasteiger partial charge on any atom is -0.411 e. The van der Waals surface area contributed by atoms with E-state index in [1.807, 2.05) is 0 Å². The number of nitrogens with zero attached hydrogens (tertiary/aromatic N) is 3. The second-order valence-electron chi connectivity index (χ2n) is 2.00. The quantitative estimate of drug-likeness (QED) is 0.384. The maximum Gasteiger partial charge on any atom is 0.0918 e. The van der Waals surface area contributed by atoms with E-state index in [0.29, 0.717) is 11.3 Å². The van der Waals surface area contributed by atoms with Gasteiger partial charge in [-0.1, -0.05) is 10.3 Å². The molecule has 1 aromatic heterocycles. The Hall–Kier alpha value is -1.91. The highest BCUT2D eigenvalue weighted by atomic mass is 16.4. The minimum atomic E-state index is 0.495. The van der Waals surface area contributed by atoms with Crippen molar-refractivity contribution >= 4 is 12.4 Å². The van der Waals surface area contributed by atoms with Crippen LogP contribution in [0.5, 0.6) is 0 Å². The molecule has 0 aliphatic rings. The molecule has 0 atom stereocenters. The molecule has 0 aromatic carbocycles. The first-order valence-electron chi connectivity index (χ1n) is 3.17. The van der Waals surface area contributed by atoms with E-state index in [1.165, 1.54) is 18.6 Å². The van der Waals surface area contributed by atoms with Crippen LogP contribution >= 0.6 is 0 Å². The lowest BCUT2D eigenvalue weighted by Crippen LogP contribution is -1.89. The average Bonchev–Trinajstić information content (AvgIpc) is 2.06. The molecular formula is C7H7N3O2. The number of aromatic nitrogens is 1. The number of rotatable bonds is 2. The maximum atomic E-state index is 8.21. The van der Waals surface area contributed by atoms with Crippen LogP contribution < -0.4 is 0 Å². The first kappa shape index (κ1) is 8.19. The van der Waals surface area contributed by atoms with E-state index in [0.717, 1.165) is 0 Å². The summed E-state index contributed by atoms with van der Waals surface area (Å²) in [6.45, 7) is 0. The molecule has 0 aliphatic carbocycles. The summed E-state index contributed by atoms with van der Waals surface area (Å²) >= 11 is 0. The summed E-state index contributed by atoms with van der Waals surface area (Å²) in [5, 5.41) is 22.1. The lowest BCUT2D eigenvalue weighted by molar-refractivity contribution is 0.321. The van der Waals surface area contributed by atoms with Gasteiger partial charge in [-0.3, -0.25) is 4.98 Å². The summed E-state index contributed by atoms with van der Waals surface area (Å²) in [4.78, 5) is 3.86. The summed E-state index contributed by atoms with van der Waals surface area (Å²) in [5.41, 5.74) is 1.18. The molecule has 2 N–H and O–H groups in total. The first-order chi connectivity index (χ1) is 5.86. The molecule has 0 bridgehead atoms. The van der Waals surface area contributed by atoms with Gasteiger partial charge in [0.1, 0.15) is 0 Å². The smallest absolute Gasteiger partial charge is 0.0918 e. The number of pyridine rings is 1. The minimum absolute atomic E-state index is 0.495. The van der Waals surface area contributed by atoms with Crippen LogP contribution in [-0.2, 0) is 0 Å². The molecule has 0 saturated carbocycles. The third-order valence-electron chi connectivity index (χ3n) is 1.20.